The Kier molecular flexibility index (Phi) is 6.17. The van der Waals surface area contributed by atoms with E-state index < -0.39 is 18.5 Å². The molecular formula is C19H17N3O4S2. The Morgan fingerprint density at radius 3 is 2.50 bits per heavy atom. The van der Waals surface area contributed by atoms with Gasteiger partial charge >= 0.3 is 5.97 Å². The van der Waals surface area contributed by atoms with Crippen molar-refractivity contribution >= 4 is 46.1 Å². The lowest BCUT2D eigenvalue weighted by molar-refractivity contribution is -0.119. The lowest BCUT2D eigenvalue weighted by Crippen LogP contribution is -2.22. The Morgan fingerprint density at radius 1 is 1.11 bits per heavy atom. The van der Waals surface area contributed by atoms with Crippen LogP contribution in [0.5, 0.6) is 0 Å². The molecule has 0 atom stereocenters. The maximum absolute atomic E-state index is 12.1. The summed E-state index contributed by atoms with van der Waals surface area (Å²) in [5, 5.41) is 6.89. The van der Waals surface area contributed by atoms with Crippen molar-refractivity contribution in [3.63, 3.8) is 0 Å². The molecule has 2 heterocycles. The monoisotopic (exact) mass is 415 g/mol. The van der Waals surface area contributed by atoms with Crippen molar-refractivity contribution in [1.29, 1.82) is 0 Å². The summed E-state index contributed by atoms with van der Waals surface area (Å²) in [4.78, 5) is 42.6. The highest BCUT2D eigenvalue weighted by Gasteiger charge is 2.15. The predicted octanol–water partition coefficient (Wildman–Crippen LogP) is 3.37. The first kappa shape index (κ1) is 19.7. The van der Waals surface area contributed by atoms with Crippen LogP contribution in [0.3, 0.4) is 0 Å². The predicted molar refractivity (Wildman–Crippen MR) is 109 cm³/mol. The summed E-state index contributed by atoms with van der Waals surface area (Å²) in [5.74, 6) is -1.26. The fraction of sp³-hybridized carbons (Fsp3) is 0.158. The third kappa shape index (κ3) is 4.81. The average molecular weight is 415 g/mol. The van der Waals surface area contributed by atoms with Gasteiger partial charge in [-0.3, -0.25) is 9.59 Å². The number of aromatic nitrogens is 1. The Morgan fingerprint density at radius 2 is 1.86 bits per heavy atom. The van der Waals surface area contributed by atoms with Gasteiger partial charge in [-0.25, -0.2) is 9.78 Å². The zero-order valence-corrected chi connectivity index (χ0v) is 16.8. The second kappa shape index (κ2) is 8.77. The lowest BCUT2D eigenvalue weighted by Gasteiger charge is -2.11. The molecule has 1 aromatic carbocycles. The van der Waals surface area contributed by atoms with Gasteiger partial charge in [0.1, 0.15) is 5.01 Å². The van der Waals surface area contributed by atoms with E-state index in [1.165, 1.54) is 27.6 Å². The Labute approximate surface area is 169 Å². The van der Waals surface area contributed by atoms with Gasteiger partial charge in [0.15, 0.2) is 12.3 Å². The molecule has 3 rings (SSSR count). The zero-order valence-electron chi connectivity index (χ0n) is 15.2. The van der Waals surface area contributed by atoms with E-state index in [-0.39, 0.29) is 11.6 Å². The van der Waals surface area contributed by atoms with E-state index in [1.54, 1.807) is 43.7 Å². The van der Waals surface area contributed by atoms with Gasteiger partial charge in [0, 0.05) is 30.7 Å². The van der Waals surface area contributed by atoms with Gasteiger partial charge in [0.05, 0.1) is 4.88 Å². The molecule has 0 aliphatic rings. The molecule has 0 radical (unpaired) electrons. The summed E-state index contributed by atoms with van der Waals surface area (Å²) in [7, 11) is 3.33. The minimum Gasteiger partial charge on any atom is -0.451 e. The number of anilines is 1. The number of rotatable bonds is 6. The minimum atomic E-state index is -0.652. The molecule has 7 nitrogen and oxygen atoms in total. The smallest absolute Gasteiger partial charge is 0.358 e. The van der Waals surface area contributed by atoms with Gasteiger partial charge in [-0.1, -0.05) is 6.07 Å². The lowest BCUT2D eigenvalue weighted by atomic mass is 10.2. The fourth-order valence-electron chi connectivity index (χ4n) is 2.24. The molecule has 0 aliphatic heterocycles. The summed E-state index contributed by atoms with van der Waals surface area (Å²) < 4.78 is 5.02. The van der Waals surface area contributed by atoms with E-state index in [1.807, 2.05) is 17.5 Å². The highest BCUT2D eigenvalue weighted by atomic mass is 32.1. The quantitative estimate of drug-likeness (QED) is 0.624. The van der Waals surface area contributed by atoms with Crippen LogP contribution >= 0.6 is 22.7 Å². The molecule has 0 saturated heterocycles. The van der Waals surface area contributed by atoms with E-state index in [4.69, 9.17) is 4.74 Å². The second-order valence-corrected chi connectivity index (χ2v) is 7.72. The number of nitrogens with one attached hydrogen (secondary N) is 1. The van der Waals surface area contributed by atoms with Crippen LogP contribution in [0.25, 0.3) is 9.88 Å². The van der Waals surface area contributed by atoms with Crippen LogP contribution in [0, 0.1) is 0 Å². The number of ether oxygens (including phenoxy) is 1. The van der Waals surface area contributed by atoms with Crippen molar-refractivity contribution in [1.82, 2.24) is 9.88 Å². The number of benzene rings is 1. The average Bonchev–Trinajstić information content (AvgIpc) is 3.37. The van der Waals surface area contributed by atoms with Crippen molar-refractivity contribution in [3.05, 3.63) is 58.4 Å². The molecule has 0 saturated carbocycles. The highest BCUT2D eigenvalue weighted by Crippen LogP contribution is 2.27. The number of thiophene rings is 1. The number of amides is 2. The molecule has 0 fully saturated rings. The molecule has 2 amide bonds. The van der Waals surface area contributed by atoms with Crippen molar-refractivity contribution in [3.8, 4) is 9.88 Å². The molecule has 28 heavy (non-hydrogen) atoms. The molecule has 2 aromatic heterocycles. The van der Waals surface area contributed by atoms with Gasteiger partial charge in [-0.15, -0.1) is 22.7 Å². The summed E-state index contributed by atoms with van der Waals surface area (Å²) in [5.41, 5.74) is 1.19. The minimum absolute atomic E-state index is 0.128. The van der Waals surface area contributed by atoms with Crippen LogP contribution in [0.1, 0.15) is 20.8 Å². The SMILES string of the molecule is CN(C)C(=O)c1ccc(NC(=O)COC(=O)c2csc(-c3cccs3)n2)cc1. The first-order valence-electron chi connectivity index (χ1n) is 8.22. The fourth-order valence-corrected chi connectivity index (χ4v) is 3.84. The highest BCUT2D eigenvalue weighted by molar-refractivity contribution is 7.20. The van der Waals surface area contributed by atoms with Crippen LogP contribution < -0.4 is 5.32 Å². The molecular weight excluding hydrogens is 398 g/mol. The zero-order chi connectivity index (χ0) is 20.1. The van der Waals surface area contributed by atoms with Crippen LogP contribution in [-0.2, 0) is 9.53 Å². The third-order valence-electron chi connectivity index (χ3n) is 3.60. The number of carbonyl (C=O) groups is 3. The largest absolute Gasteiger partial charge is 0.451 e. The van der Waals surface area contributed by atoms with Crippen LogP contribution in [0.15, 0.2) is 47.2 Å². The van der Waals surface area contributed by atoms with E-state index >= 15 is 0 Å². The van der Waals surface area contributed by atoms with E-state index in [2.05, 4.69) is 10.3 Å². The first-order chi connectivity index (χ1) is 13.4. The number of thiazole rings is 1. The Bertz CT molecular complexity index is 979. The summed E-state index contributed by atoms with van der Waals surface area (Å²) >= 11 is 2.88. The normalized spacial score (nSPS) is 10.4. The molecule has 144 valence electrons. The molecule has 0 bridgehead atoms. The number of carbonyl (C=O) groups excluding carboxylic acids is 3. The van der Waals surface area contributed by atoms with Crippen molar-refractivity contribution < 1.29 is 19.1 Å². The first-order valence-corrected chi connectivity index (χ1v) is 9.98. The molecule has 3 aromatic rings. The van der Waals surface area contributed by atoms with E-state index in [0.717, 1.165) is 9.88 Å². The van der Waals surface area contributed by atoms with Gasteiger partial charge in [-0.05, 0) is 35.7 Å². The van der Waals surface area contributed by atoms with E-state index in [0.29, 0.717) is 11.3 Å². The second-order valence-electron chi connectivity index (χ2n) is 5.92. The number of hydrogen-bond donors (Lipinski definition) is 1. The standard InChI is InChI=1S/C19H17N3O4S2/c1-22(2)18(24)12-5-7-13(8-6-12)20-16(23)10-26-19(25)14-11-28-17(21-14)15-4-3-9-27-15/h3-9,11H,10H2,1-2H3,(H,20,23). The topological polar surface area (TPSA) is 88.6 Å². The molecule has 1 N–H and O–H groups in total. The van der Waals surface area contributed by atoms with Crippen LogP contribution in [0.4, 0.5) is 5.69 Å². The van der Waals surface area contributed by atoms with Crippen LogP contribution in [-0.4, -0.2) is 48.4 Å². The maximum atomic E-state index is 12.1. The van der Waals surface area contributed by atoms with Gasteiger partial charge < -0.3 is 15.0 Å². The third-order valence-corrected chi connectivity index (χ3v) is 5.48. The molecule has 0 aliphatic carbocycles. The summed E-state index contributed by atoms with van der Waals surface area (Å²) in [6, 6.07) is 10.3. The van der Waals surface area contributed by atoms with Gasteiger partial charge in [0.2, 0.25) is 0 Å². The van der Waals surface area contributed by atoms with Crippen molar-refractivity contribution in [2.75, 3.05) is 26.0 Å². The van der Waals surface area contributed by atoms with Crippen LogP contribution in [0.2, 0.25) is 0 Å². The summed E-state index contributed by atoms with van der Waals surface area (Å²) in [6.45, 7) is -0.428. The maximum Gasteiger partial charge on any atom is 0.358 e. The van der Waals surface area contributed by atoms with E-state index in [9.17, 15) is 14.4 Å². The Hall–Kier alpha value is -3.04. The Balaban J connectivity index is 1.51. The molecule has 0 unspecified atom stereocenters. The van der Waals surface area contributed by atoms with Gasteiger partial charge in [-0.2, -0.15) is 0 Å². The summed E-state index contributed by atoms with van der Waals surface area (Å²) in [6.07, 6.45) is 0. The number of hydrogen-bond acceptors (Lipinski definition) is 7. The van der Waals surface area contributed by atoms with Gasteiger partial charge in [0.25, 0.3) is 11.8 Å². The van der Waals surface area contributed by atoms with Crippen molar-refractivity contribution in [2.24, 2.45) is 0 Å². The van der Waals surface area contributed by atoms with Crippen molar-refractivity contribution in [2.45, 2.75) is 0 Å². The number of nitrogens with zero attached hydrogens (tertiary/aromatic N) is 2. The number of esters is 1. The molecule has 0 spiro atoms. The molecule has 9 heteroatoms.